The van der Waals surface area contributed by atoms with Gasteiger partial charge in [0.05, 0.1) is 12.0 Å². The lowest BCUT2D eigenvalue weighted by Gasteiger charge is -2.26. The van der Waals surface area contributed by atoms with Crippen molar-refractivity contribution in [2.24, 2.45) is 0 Å². The maximum atomic E-state index is 9.41. The van der Waals surface area contributed by atoms with Gasteiger partial charge in [0.25, 0.3) is 0 Å². The molecule has 22 heavy (non-hydrogen) atoms. The minimum atomic E-state index is -0.395. The van der Waals surface area contributed by atoms with Crippen molar-refractivity contribution in [2.75, 3.05) is 13.2 Å². The molecule has 4 heteroatoms. The first kappa shape index (κ1) is 16.7. The minimum Gasteiger partial charge on any atom is -0.508 e. The SMILES string of the molecule is CC(C)(c1ccc(O)cc1)c1ccc(OCC(Cl)CO)cc1. The molecule has 0 spiro atoms. The predicted octanol–water partition coefficient (Wildman–Crippen LogP) is 3.70. The van der Waals surface area contributed by atoms with Crippen LogP contribution in [0.4, 0.5) is 0 Å². The fourth-order valence-electron chi connectivity index (χ4n) is 2.25. The maximum absolute atomic E-state index is 9.41. The van der Waals surface area contributed by atoms with Crippen LogP contribution in [0.1, 0.15) is 25.0 Å². The standard InChI is InChI=1S/C18H21ClO3/c1-18(2,13-3-7-16(21)8-4-13)14-5-9-17(10-6-14)22-12-15(19)11-20/h3-10,15,20-21H,11-12H2,1-2H3. The Kier molecular flexibility index (Phi) is 5.33. The fourth-order valence-corrected chi connectivity index (χ4v) is 2.31. The van der Waals surface area contributed by atoms with Gasteiger partial charge in [-0.1, -0.05) is 38.1 Å². The van der Waals surface area contributed by atoms with Gasteiger partial charge in [0.1, 0.15) is 18.1 Å². The Hall–Kier alpha value is -1.71. The van der Waals surface area contributed by atoms with E-state index in [1.807, 2.05) is 36.4 Å². The average molecular weight is 321 g/mol. The lowest BCUT2D eigenvalue weighted by atomic mass is 9.78. The summed E-state index contributed by atoms with van der Waals surface area (Å²) in [5.41, 5.74) is 2.10. The third-order valence-electron chi connectivity index (χ3n) is 3.79. The second-order valence-electron chi connectivity index (χ2n) is 5.79. The summed E-state index contributed by atoms with van der Waals surface area (Å²) in [6.07, 6.45) is 0. The van der Waals surface area contributed by atoms with Crippen LogP contribution in [0, 0.1) is 0 Å². The number of phenolic OH excluding ortho intramolecular Hbond substituents is 1. The highest BCUT2D eigenvalue weighted by Gasteiger charge is 2.23. The number of alkyl halides is 1. The first-order chi connectivity index (χ1) is 10.4. The molecule has 1 atom stereocenters. The Morgan fingerprint density at radius 3 is 2.00 bits per heavy atom. The number of aromatic hydroxyl groups is 1. The molecule has 0 aliphatic rings. The number of benzene rings is 2. The van der Waals surface area contributed by atoms with Crippen LogP contribution in [-0.4, -0.2) is 28.8 Å². The number of hydrogen-bond donors (Lipinski definition) is 2. The molecule has 0 saturated heterocycles. The number of phenols is 1. The number of ether oxygens (including phenoxy) is 1. The summed E-state index contributed by atoms with van der Waals surface area (Å²) >= 11 is 5.82. The van der Waals surface area contributed by atoms with E-state index >= 15 is 0 Å². The quantitative estimate of drug-likeness (QED) is 0.798. The monoisotopic (exact) mass is 320 g/mol. The van der Waals surface area contributed by atoms with Gasteiger partial charge >= 0.3 is 0 Å². The first-order valence-corrected chi connectivity index (χ1v) is 7.65. The molecule has 0 bridgehead atoms. The van der Waals surface area contributed by atoms with E-state index in [9.17, 15) is 5.11 Å². The molecule has 2 N–H and O–H groups in total. The highest BCUT2D eigenvalue weighted by Crippen LogP contribution is 2.33. The smallest absolute Gasteiger partial charge is 0.119 e. The molecule has 0 fully saturated rings. The summed E-state index contributed by atoms with van der Waals surface area (Å²) in [4.78, 5) is 0. The molecule has 2 aromatic rings. The van der Waals surface area contributed by atoms with Crippen LogP contribution >= 0.6 is 11.6 Å². The molecule has 2 aromatic carbocycles. The third kappa shape index (κ3) is 3.93. The molecule has 1 unspecified atom stereocenters. The molecule has 0 amide bonds. The molecule has 0 aromatic heterocycles. The van der Waals surface area contributed by atoms with E-state index in [1.165, 1.54) is 0 Å². The van der Waals surface area contributed by atoms with E-state index in [4.69, 9.17) is 21.4 Å². The lowest BCUT2D eigenvalue weighted by molar-refractivity contribution is 0.238. The van der Waals surface area contributed by atoms with Crippen LogP contribution in [0.5, 0.6) is 11.5 Å². The average Bonchev–Trinajstić information content (AvgIpc) is 2.53. The van der Waals surface area contributed by atoms with Crippen LogP contribution < -0.4 is 4.74 Å². The molecule has 0 aliphatic carbocycles. The minimum absolute atomic E-state index is 0.104. The Morgan fingerprint density at radius 2 is 1.50 bits per heavy atom. The zero-order valence-electron chi connectivity index (χ0n) is 12.8. The van der Waals surface area contributed by atoms with E-state index in [0.29, 0.717) is 0 Å². The molecule has 2 rings (SSSR count). The van der Waals surface area contributed by atoms with Crippen molar-refractivity contribution in [2.45, 2.75) is 24.6 Å². The summed E-state index contributed by atoms with van der Waals surface area (Å²) in [6.45, 7) is 4.44. The second-order valence-corrected chi connectivity index (χ2v) is 6.40. The van der Waals surface area contributed by atoms with Gasteiger partial charge < -0.3 is 14.9 Å². The van der Waals surface area contributed by atoms with Crippen molar-refractivity contribution in [3.05, 3.63) is 59.7 Å². The normalized spacial score (nSPS) is 12.9. The second kappa shape index (κ2) is 7.03. The van der Waals surface area contributed by atoms with Crippen LogP contribution in [0.15, 0.2) is 48.5 Å². The van der Waals surface area contributed by atoms with Gasteiger partial charge in [0.15, 0.2) is 0 Å². The summed E-state index contributed by atoms with van der Waals surface area (Å²) in [5, 5.41) is 17.9. The highest BCUT2D eigenvalue weighted by molar-refractivity contribution is 6.20. The van der Waals surface area contributed by atoms with Crippen molar-refractivity contribution >= 4 is 11.6 Å². The van der Waals surface area contributed by atoms with Gasteiger partial charge in [-0.05, 0) is 35.4 Å². The van der Waals surface area contributed by atoms with Gasteiger partial charge in [-0.15, -0.1) is 11.6 Å². The number of aliphatic hydroxyl groups is 1. The first-order valence-electron chi connectivity index (χ1n) is 7.21. The summed E-state index contributed by atoms with van der Waals surface area (Å²) in [5.74, 6) is 0.993. The van der Waals surface area contributed by atoms with E-state index in [-0.39, 0.29) is 24.4 Å². The van der Waals surface area contributed by atoms with Crippen LogP contribution in [0.25, 0.3) is 0 Å². The molecule has 3 nitrogen and oxygen atoms in total. The van der Waals surface area contributed by atoms with Gasteiger partial charge in [-0.25, -0.2) is 0 Å². The Morgan fingerprint density at radius 1 is 1.00 bits per heavy atom. The topological polar surface area (TPSA) is 49.7 Å². The van der Waals surface area contributed by atoms with Crippen molar-refractivity contribution in [3.63, 3.8) is 0 Å². The highest BCUT2D eigenvalue weighted by atomic mass is 35.5. The summed E-state index contributed by atoms with van der Waals surface area (Å²) in [6, 6.07) is 15.1. The van der Waals surface area contributed by atoms with E-state index in [2.05, 4.69) is 13.8 Å². The number of hydrogen-bond acceptors (Lipinski definition) is 3. The van der Waals surface area contributed by atoms with Crippen LogP contribution in [0.2, 0.25) is 0 Å². The maximum Gasteiger partial charge on any atom is 0.119 e. The van der Waals surface area contributed by atoms with Crippen molar-refractivity contribution in [1.29, 1.82) is 0 Å². The molecular weight excluding hydrogens is 300 g/mol. The van der Waals surface area contributed by atoms with Crippen molar-refractivity contribution in [1.82, 2.24) is 0 Å². The summed E-state index contributed by atoms with van der Waals surface area (Å²) in [7, 11) is 0. The molecule has 118 valence electrons. The van der Waals surface area contributed by atoms with E-state index in [0.717, 1.165) is 16.9 Å². The molecular formula is C18H21ClO3. The van der Waals surface area contributed by atoms with Crippen LogP contribution in [0.3, 0.4) is 0 Å². The van der Waals surface area contributed by atoms with Gasteiger partial charge in [-0.2, -0.15) is 0 Å². The molecule has 0 saturated carbocycles. The Labute approximate surface area is 136 Å². The van der Waals surface area contributed by atoms with Gasteiger partial charge in [0.2, 0.25) is 0 Å². The van der Waals surface area contributed by atoms with Crippen molar-refractivity contribution < 1.29 is 14.9 Å². The molecule has 0 aliphatic heterocycles. The number of halogens is 1. The predicted molar refractivity (Wildman–Crippen MR) is 88.9 cm³/mol. The van der Waals surface area contributed by atoms with Gasteiger partial charge in [-0.3, -0.25) is 0 Å². The lowest BCUT2D eigenvalue weighted by Crippen LogP contribution is -2.19. The fraction of sp³-hybridized carbons (Fsp3) is 0.333. The largest absolute Gasteiger partial charge is 0.508 e. The van der Waals surface area contributed by atoms with E-state index in [1.54, 1.807) is 12.1 Å². The Balaban J connectivity index is 2.13. The zero-order chi connectivity index (χ0) is 16.2. The molecule has 0 heterocycles. The number of rotatable bonds is 6. The van der Waals surface area contributed by atoms with Crippen molar-refractivity contribution in [3.8, 4) is 11.5 Å². The zero-order valence-corrected chi connectivity index (χ0v) is 13.5. The van der Waals surface area contributed by atoms with Gasteiger partial charge in [0, 0.05) is 5.41 Å². The number of aliphatic hydroxyl groups excluding tert-OH is 1. The van der Waals surface area contributed by atoms with Crippen LogP contribution in [-0.2, 0) is 5.41 Å². The Bertz CT molecular complexity index is 591. The molecule has 0 radical (unpaired) electrons. The summed E-state index contributed by atoms with van der Waals surface area (Å²) < 4.78 is 5.52. The third-order valence-corrected chi connectivity index (χ3v) is 4.06. The van der Waals surface area contributed by atoms with E-state index < -0.39 is 5.38 Å².